The number of aliphatic hydroxyl groups excluding tert-OH is 2. The third-order valence-corrected chi connectivity index (χ3v) is 8.79. The van der Waals surface area contributed by atoms with Gasteiger partial charge in [0.05, 0.1) is 21.1 Å². The smallest absolute Gasteiger partial charge is 0.379 e. The van der Waals surface area contributed by atoms with Gasteiger partial charge in [0.25, 0.3) is 0 Å². The van der Waals surface area contributed by atoms with Gasteiger partial charge in [-0.15, -0.1) is 0 Å². The molecule has 3 unspecified atom stereocenters. The number of unbranched alkanes of at least 4 members (excludes halogenated alkanes) is 18. The molecular weight excluding hydrogens is 512 g/mol. The molecule has 0 heterocycles. The quantitative estimate of drug-likeness (QED) is 0.0431. The van der Waals surface area contributed by atoms with E-state index in [-0.39, 0.29) is 25.3 Å². The van der Waals surface area contributed by atoms with Crippen LogP contribution in [0.25, 0.3) is 0 Å². The maximum atomic E-state index is 12.7. The Morgan fingerprint density at radius 3 is 1.07 bits per heavy atom. The number of carbonyl (C=O) groups is 1. The van der Waals surface area contributed by atoms with Crippen molar-refractivity contribution in [2.24, 2.45) is 0 Å². The lowest BCUT2D eigenvalue weighted by Crippen LogP contribution is -2.64. The molecule has 3 N–H and O–H groups in total. The minimum absolute atomic E-state index is 0.00663. The Hall–Kier alpha value is -0.690. The average molecular weight is 586 g/mol. The summed E-state index contributed by atoms with van der Waals surface area (Å²) in [6, 6.07) is 0.0133. The monoisotopic (exact) mass is 586 g/mol. The minimum atomic E-state index is -0.811. The predicted octanol–water partition coefficient (Wildman–Crippen LogP) is 8.53. The summed E-state index contributed by atoms with van der Waals surface area (Å²) in [5, 5.41) is 30.5. The van der Waals surface area contributed by atoms with Gasteiger partial charge in [0, 0.05) is 25.3 Å². The number of rotatable bonds is 31. The van der Waals surface area contributed by atoms with E-state index in [2.05, 4.69) is 18.7 Å². The van der Waals surface area contributed by atoms with E-state index in [1.807, 2.05) is 21.1 Å². The summed E-state index contributed by atoms with van der Waals surface area (Å²) in [5.41, 5.74) is 0. The molecule has 0 aromatic rings. The van der Waals surface area contributed by atoms with Gasteiger partial charge in [0.1, 0.15) is 0 Å². The molecule has 41 heavy (non-hydrogen) atoms. The molecule has 246 valence electrons. The van der Waals surface area contributed by atoms with Crippen LogP contribution in [0.2, 0.25) is 0 Å². The average Bonchev–Trinajstić information content (AvgIpc) is 2.91. The largest absolute Gasteiger partial charge is 0.476 e. The van der Waals surface area contributed by atoms with Crippen LogP contribution < -0.4 is 0 Å². The van der Waals surface area contributed by atoms with Crippen molar-refractivity contribution in [3.63, 3.8) is 0 Å². The Morgan fingerprint density at radius 2 is 0.829 bits per heavy atom. The highest BCUT2D eigenvalue weighted by Crippen LogP contribution is 2.28. The van der Waals surface area contributed by atoms with Gasteiger partial charge in [-0.1, -0.05) is 142 Å². The van der Waals surface area contributed by atoms with Crippen LogP contribution in [0.4, 0.5) is 0 Å². The van der Waals surface area contributed by atoms with Crippen molar-refractivity contribution in [2.45, 2.75) is 186 Å². The molecule has 0 fully saturated rings. The number of hydrogen-bond donors (Lipinski definition) is 3. The van der Waals surface area contributed by atoms with Crippen LogP contribution >= 0.6 is 0 Å². The van der Waals surface area contributed by atoms with Crippen LogP contribution in [0, 0.1) is 0 Å². The second-order valence-corrected chi connectivity index (χ2v) is 13.5. The third-order valence-electron chi connectivity index (χ3n) is 8.79. The molecule has 0 bridgehead atoms. The summed E-state index contributed by atoms with van der Waals surface area (Å²) < 4.78 is 0.301. The highest BCUT2D eigenvalue weighted by Gasteiger charge is 2.43. The Labute approximate surface area is 255 Å². The normalized spacial score (nSPS) is 14.4. The predicted molar refractivity (Wildman–Crippen MR) is 175 cm³/mol. The van der Waals surface area contributed by atoms with Gasteiger partial charge in [-0.3, -0.25) is 0 Å². The first-order valence-corrected chi connectivity index (χ1v) is 17.8. The zero-order chi connectivity index (χ0) is 30.8. The molecule has 0 spiro atoms. The van der Waals surface area contributed by atoms with Crippen LogP contribution in [0.3, 0.4) is 0 Å². The third kappa shape index (κ3) is 20.8. The van der Waals surface area contributed by atoms with Gasteiger partial charge in [-0.05, 0) is 25.7 Å². The summed E-state index contributed by atoms with van der Waals surface area (Å²) in [6.07, 6.45) is 27.8. The SMILES string of the molecule is CCCCCCCCCCCCC(CCO)N(C(CCO)CCCCCCCCCCCC)C(C(=O)O)[N+](C)(C)C. The number of aliphatic carboxylic acids is 1. The number of quaternary nitrogens is 1. The molecule has 6 heteroatoms. The van der Waals surface area contributed by atoms with Gasteiger partial charge >= 0.3 is 5.97 Å². The van der Waals surface area contributed by atoms with Crippen molar-refractivity contribution in [2.75, 3.05) is 34.4 Å². The lowest BCUT2D eigenvalue weighted by Gasteiger charge is -2.46. The summed E-state index contributed by atoms with van der Waals surface area (Å²) in [4.78, 5) is 14.9. The van der Waals surface area contributed by atoms with Crippen molar-refractivity contribution in [3.05, 3.63) is 0 Å². The van der Waals surface area contributed by atoms with Crippen molar-refractivity contribution in [1.29, 1.82) is 0 Å². The van der Waals surface area contributed by atoms with Gasteiger partial charge in [-0.2, -0.15) is 0 Å². The van der Waals surface area contributed by atoms with Crippen molar-refractivity contribution in [1.82, 2.24) is 4.90 Å². The van der Waals surface area contributed by atoms with Crippen LogP contribution in [-0.4, -0.2) is 83.3 Å². The molecule has 0 saturated heterocycles. The van der Waals surface area contributed by atoms with E-state index in [1.165, 1.54) is 103 Å². The fraction of sp³-hybridized carbons (Fsp3) is 0.971. The van der Waals surface area contributed by atoms with Gasteiger partial charge in [-0.25, -0.2) is 9.69 Å². The fourth-order valence-corrected chi connectivity index (χ4v) is 6.47. The van der Waals surface area contributed by atoms with Crippen molar-refractivity contribution >= 4 is 5.97 Å². The topological polar surface area (TPSA) is 81.0 Å². The van der Waals surface area contributed by atoms with E-state index in [1.54, 1.807) is 0 Å². The van der Waals surface area contributed by atoms with Gasteiger partial charge < -0.3 is 19.8 Å². The van der Waals surface area contributed by atoms with Crippen LogP contribution in [0.5, 0.6) is 0 Å². The fourth-order valence-electron chi connectivity index (χ4n) is 6.47. The highest BCUT2D eigenvalue weighted by atomic mass is 16.4. The summed E-state index contributed by atoms with van der Waals surface area (Å²) in [5.74, 6) is -0.811. The summed E-state index contributed by atoms with van der Waals surface area (Å²) in [7, 11) is 5.87. The molecule has 0 rings (SSSR count). The number of likely N-dealkylation sites (N-methyl/N-ethyl adjacent to an activating group) is 1. The molecule has 0 saturated carbocycles. The number of carboxylic acid groups (broad SMARTS) is 1. The standard InChI is InChI=1S/C35H72N2O4/c1-6-8-10-12-14-16-18-20-22-24-26-32(28-30-38)36(34(35(40)41)37(3,4)5)33(29-31-39)27-25-23-21-19-17-15-13-11-9-7-2/h32-34,38-39H,6-31H2,1-5H3/p+1. The molecule has 3 atom stereocenters. The van der Waals surface area contributed by atoms with Gasteiger partial charge in [0.15, 0.2) is 0 Å². The molecule has 0 amide bonds. The zero-order valence-corrected chi connectivity index (χ0v) is 28.3. The highest BCUT2D eigenvalue weighted by molar-refractivity contribution is 5.71. The van der Waals surface area contributed by atoms with Crippen LogP contribution in [0.1, 0.15) is 168 Å². The maximum Gasteiger partial charge on any atom is 0.379 e. The molecule has 6 nitrogen and oxygen atoms in total. The van der Waals surface area contributed by atoms with Crippen molar-refractivity contribution < 1.29 is 24.6 Å². The molecule has 0 aromatic carbocycles. The first-order chi connectivity index (χ1) is 19.7. The molecule has 0 aromatic heterocycles. The minimum Gasteiger partial charge on any atom is -0.476 e. The van der Waals surface area contributed by atoms with Crippen LogP contribution in [-0.2, 0) is 4.79 Å². The Kier molecular flexibility index (Phi) is 26.4. The number of aliphatic hydroxyl groups is 2. The van der Waals surface area contributed by atoms with E-state index < -0.39 is 12.1 Å². The van der Waals surface area contributed by atoms with E-state index in [4.69, 9.17) is 0 Å². The van der Waals surface area contributed by atoms with Crippen LogP contribution in [0.15, 0.2) is 0 Å². The van der Waals surface area contributed by atoms with E-state index >= 15 is 0 Å². The first-order valence-electron chi connectivity index (χ1n) is 17.8. The molecule has 0 aliphatic carbocycles. The molecule has 0 aliphatic heterocycles. The Bertz CT molecular complexity index is 547. The van der Waals surface area contributed by atoms with Gasteiger partial charge in [0.2, 0.25) is 6.17 Å². The molecule has 0 aliphatic rings. The second kappa shape index (κ2) is 26.9. The molecule has 0 radical (unpaired) electrons. The Balaban J connectivity index is 5.14. The summed E-state index contributed by atoms with van der Waals surface area (Å²) in [6.45, 7) is 4.64. The number of hydrogen-bond acceptors (Lipinski definition) is 4. The van der Waals surface area contributed by atoms with E-state index in [0.29, 0.717) is 17.3 Å². The Morgan fingerprint density at radius 1 is 0.537 bits per heavy atom. The van der Waals surface area contributed by atoms with E-state index in [9.17, 15) is 20.1 Å². The number of nitrogens with zero attached hydrogens (tertiary/aromatic N) is 2. The van der Waals surface area contributed by atoms with E-state index in [0.717, 1.165) is 38.5 Å². The summed E-state index contributed by atoms with van der Waals surface area (Å²) >= 11 is 0. The van der Waals surface area contributed by atoms with Crippen molar-refractivity contribution in [3.8, 4) is 0 Å². The second-order valence-electron chi connectivity index (χ2n) is 13.5. The first kappa shape index (κ1) is 40.3. The maximum absolute atomic E-state index is 12.7. The number of carboxylic acids is 1. The molecular formula is C35H73N2O4+. The lowest BCUT2D eigenvalue weighted by molar-refractivity contribution is -0.900. The lowest BCUT2D eigenvalue weighted by atomic mass is 9.95. The zero-order valence-electron chi connectivity index (χ0n) is 28.3.